The Labute approximate surface area is 128 Å². The molecule has 0 atom stereocenters. The third kappa shape index (κ3) is 5.26. The Kier molecular flexibility index (Phi) is 5.61. The quantitative estimate of drug-likeness (QED) is 0.890. The molecular formula is C17H18F2N2O. The summed E-state index contributed by atoms with van der Waals surface area (Å²) in [4.78, 5) is 13.7. The van der Waals surface area contributed by atoms with Crippen molar-refractivity contribution in [2.24, 2.45) is 0 Å². The summed E-state index contributed by atoms with van der Waals surface area (Å²) < 4.78 is 25.6. The minimum absolute atomic E-state index is 0.117. The van der Waals surface area contributed by atoms with Crippen molar-refractivity contribution in [2.75, 3.05) is 13.6 Å². The number of carbonyl (C=O) groups excluding carboxylic acids is 1. The number of carbonyl (C=O) groups is 1. The average molecular weight is 304 g/mol. The highest BCUT2D eigenvalue weighted by atomic mass is 19.1. The molecule has 0 spiro atoms. The number of nitrogens with zero attached hydrogens (tertiary/aromatic N) is 1. The van der Waals surface area contributed by atoms with Crippen LogP contribution in [0.15, 0.2) is 48.5 Å². The monoisotopic (exact) mass is 304 g/mol. The molecular weight excluding hydrogens is 286 g/mol. The summed E-state index contributed by atoms with van der Waals surface area (Å²) in [5, 5.41) is 2.78. The van der Waals surface area contributed by atoms with Gasteiger partial charge in [0.1, 0.15) is 11.6 Å². The third-order valence-electron chi connectivity index (χ3n) is 3.18. The molecule has 3 nitrogen and oxygen atoms in total. The number of rotatable bonds is 6. The Bertz CT molecular complexity index is 612. The van der Waals surface area contributed by atoms with Crippen molar-refractivity contribution in [1.29, 1.82) is 0 Å². The van der Waals surface area contributed by atoms with Gasteiger partial charge in [0.15, 0.2) is 0 Å². The normalized spacial score (nSPS) is 10.7. The second-order valence-corrected chi connectivity index (χ2v) is 5.20. The summed E-state index contributed by atoms with van der Waals surface area (Å²) in [5.74, 6) is -0.688. The second-order valence-electron chi connectivity index (χ2n) is 5.20. The fourth-order valence-electron chi connectivity index (χ4n) is 2.06. The zero-order chi connectivity index (χ0) is 15.9. The van der Waals surface area contributed by atoms with E-state index in [1.165, 1.54) is 24.3 Å². The van der Waals surface area contributed by atoms with Gasteiger partial charge in [-0.15, -0.1) is 0 Å². The first-order chi connectivity index (χ1) is 10.5. The Balaban J connectivity index is 1.76. The fourth-order valence-corrected chi connectivity index (χ4v) is 2.06. The second kappa shape index (κ2) is 7.66. The summed E-state index contributed by atoms with van der Waals surface area (Å²) >= 11 is 0. The maximum Gasteiger partial charge on any atom is 0.234 e. The lowest BCUT2D eigenvalue weighted by Gasteiger charge is -2.16. The SMILES string of the molecule is CN(CC(=O)NCc1ccc(F)cc1)Cc1ccc(F)cc1. The van der Waals surface area contributed by atoms with Gasteiger partial charge in [-0.25, -0.2) is 8.78 Å². The molecule has 1 amide bonds. The standard InChI is InChI=1S/C17H18F2N2O/c1-21(11-14-4-8-16(19)9-5-14)12-17(22)20-10-13-2-6-15(18)7-3-13/h2-9H,10-12H2,1H3,(H,20,22). The van der Waals surface area contributed by atoms with Crippen molar-refractivity contribution in [3.05, 3.63) is 71.3 Å². The summed E-state index contributed by atoms with van der Waals surface area (Å²) in [6, 6.07) is 12.2. The number of nitrogens with one attached hydrogen (secondary N) is 1. The lowest BCUT2D eigenvalue weighted by Crippen LogP contribution is -2.34. The summed E-state index contributed by atoms with van der Waals surface area (Å²) in [7, 11) is 1.82. The van der Waals surface area contributed by atoms with Crippen LogP contribution >= 0.6 is 0 Å². The van der Waals surface area contributed by atoms with Crippen LogP contribution in [0.25, 0.3) is 0 Å². The molecule has 0 bridgehead atoms. The highest BCUT2D eigenvalue weighted by Gasteiger charge is 2.07. The van der Waals surface area contributed by atoms with Crippen LogP contribution < -0.4 is 5.32 Å². The van der Waals surface area contributed by atoms with E-state index in [-0.39, 0.29) is 24.1 Å². The van der Waals surface area contributed by atoms with Crippen molar-refractivity contribution in [3.8, 4) is 0 Å². The highest BCUT2D eigenvalue weighted by molar-refractivity contribution is 5.77. The van der Waals surface area contributed by atoms with E-state index in [0.717, 1.165) is 11.1 Å². The summed E-state index contributed by atoms with van der Waals surface area (Å²) in [6.07, 6.45) is 0. The smallest absolute Gasteiger partial charge is 0.234 e. The van der Waals surface area contributed by atoms with Crippen LogP contribution in [-0.2, 0) is 17.9 Å². The number of hydrogen-bond donors (Lipinski definition) is 1. The first-order valence-electron chi connectivity index (χ1n) is 6.97. The molecule has 116 valence electrons. The topological polar surface area (TPSA) is 32.3 Å². The predicted octanol–water partition coefficient (Wildman–Crippen LogP) is 2.71. The van der Waals surface area contributed by atoms with Crippen LogP contribution in [0.5, 0.6) is 0 Å². The van der Waals surface area contributed by atoms with Crippen molar-refractivity contribution >= 4 is 5.91 Å². The van der Waals surface area contributed by atoms with Gasteiger partial charge in [-0.1, -0.05) is 24.3 Å². The summed E-state index contributed by atoms with van der Waals surface area (Å²) in [5.41, 5.74) is 1.78. The van der Waals surface area contributed by atoms with E-state index >= 15 is 0 Å². The molecule has 22 heavy (non-hydrogen) atoms. The Morgan fingerprint density at radius 1 is 0.955 bits per heavy atom. The molecule has 0 saturated carbocycles. The molecule has 0 saturated heterocycles. The van der Waals surface area contributed by atoms with Gasteiger partial charge >= 0.3 is 0 Å². The molecule has 0 aromatic heterocycles. The van der Waals surface area contributed by atoms with Crippen molar-refractivity contribution < 1.29 is 13.6 Å². The van der Waals surface area contributed by atoms with Crippen LogP contribution in [0.1, 0.15) is 11.1 Å². The molecule has 0 aliphatic carbocycles. The van der Waals surface area contributed by atoms with E-state index in [1.54, 1.807) is 24.3 Å². The Morgan fingerprint density at radius 2 is 1.45 bits per heavy atom. The van der Waals surface area contributed by atoms with Gasteiger partial charge < -0.3 is 5.32 Å². The van der Waals surface area contributed by atoms with E-state index < -0.39 is 0 Å². The van der Waals surface area contributed by atoms with Gasteiger partial charge in [-0.2, -0.15) is 0 Å². The maximum absolute atomic E-state index is 12.8. The maximum atomic E-state index is 12.8. The first-order valence-corrected chi connectivity index (χ1v) is 6.97. The number of halogens is 2. The zero-order valence-corrected chi connectivity index (χ0v) is 12.4. The van der Waals surface area contributed by atoms with Crippen LogP contribution in [0.2, 0.25) is 0 Å². The van der Waals surface area contributed by atoms with Crippen LogP contribution in [0, 0.1) is 11.6 Å². The van der Waals surface area contributed by atoms with Crippen molar-refractivity contribution in [1.82, 2.24) is 10.2 Å². The molecule has 5 heteroatoms. The molecule has 0 radical (unpaired) electrons. The molecule has 0 unspecified atom stereocenters. The molecule has 2 rings (SSSR count). The largest absolute Gasteiger partial charge is 0.351 e. The van der Waals surface area contributed by atoms with Gasteiger partial charge in [-0.3, -0.25) is 9.69 Å². The van der Waals surface area contributed by atoms with E-state index in [1.807, 2.05) is 11.9 Å². The number of likely N-dealkylation sites (N-methyl/N-ethyl adjacent to an activating group) is 1. The van der Waals surface area contributed by atoms with Crippen LogP contribution in [-0.4, -0.2) is 24.4 Å². The first kappa shape index (κ1) is 16.1. The lowest BCUT2D eigenvalue weighted by atomic mass is 10.2. The van der Waals surface area contributed by atoms with Gasteiger partial charge in [0, 0.05) is 13.1 Å². The third-order valence-corrected chi connectivity index (χ3v) is 3.18. The fraction of sp³-hybridized carbons (Fsp3) is 0.235. The van der Waals surface area contributed by atoms with Crippen molar-refractivity contribution in [3.63, 3.8) is 0 Å². The molecule has 1 N–H and O–H groups in total. The zero-order valence-electron chi connectivity index (χ0n) is 12.4. The van der Waals surface area contributed by atoms with Crippen molar-refractivity contribution in [2.45, 2.75) is 13.1 Å². The molecule has 0 aliphatic heterocycles. The molecule has 2 aromatic rings. The van der Waals surface area contributed by atoms with Gasteiger partial charge in [0.25, 0.3) is 0 Å². The predicted molar refractivity (Wildman–Crippen MR) is 81.0 cm³/mol. The number of benzene rings is 2. The van der Waals surface area contributed by atoms with Gasteiger partial charge in [0.05, 0.1) is 6.54 Å². The Morgan fingerprint density at radius 3 is 2.00 bits per heavy atom. The minimum atomic E-state index is -0.297. The van der Waals surface area contributed by atoms with Gasteiger partial charge in [-0.05, 0) is 42.4 Å². The van der Waals surface area contributed by atoms with Crippen LogP contribution in [0.4, 0.5) is 8.78 Å². The van der Waals surface area contributed by atoms with E-state index in [0.29, 0.717) is 13.1 Å². The Hall–Kier alpha value is -2.27. The number of amides is 1. The molecule has 0 fully saturated rings. The highest BCUT2D eigenvalue weighted by Crippen LogP contribution is 2.05. The molecule has 0 heterocycles. The molecule has 2 aromatic carbocycles. The van der Waals surface area contributed by atoms with Crippen LogP contribution in [0.3, 0.4) is 0 Å². The number of hydrogen-bond acceptors (Lipinski definition) is 2. The van der Waals surface area contributed by atoms with E-state index in [2.05, 4.69) is 5.32 Å². The minimum Gasteiger partial charge on any atom is -0.351 e. The van der Waals surface area contributed by atoms with E-state index in [9.17, 15) is 13.6 Å². The lowest BCUT2D eigenvalue weighted by molar-refractivity contribution is -0.122. The van der Waals surface area contributed by atoms with E-state index in [4.69, 9.17) is 0 Å². The van der Waals surface area contributed by atoms with Gasteiger partial charge in [0.2, 0.25) is 5.91 Å². The summed E-state index contributed by atoms with van der Waals surface area (Å²) in [6.45, 7) is 1.16. The molecule has 0 aliphatic rings. The average Bonchev–Trinajstić information content (AvgIpc) is 2.49.